The second kappa shape index (κ2) is 6.03. The summed E-state index contributed by atoms with van der Waals surface area (Å²) in [6.07, 6.45) is 3.66. The summed E-state index contributed by atoms with van der Waals surface area (Å²) < 4.78 is 0. The maximum atomic E-state index is 3.49. The molecule has 0 spiro atoms. The zero-order valence-electron chi connectivity index (χ0n) is 11.3. The van der Waals surface area contributed by atoms with Crippen LogP contribution in [-0.4, -0.2) is 13.1 Å². The lowest BCUT2D eigenvalue weighted by Crippen LogP contribution is -2.28. The van der Waals surface area contributed by atoms with Crippen LogP contribution in [0.5, 0.6) is 0 Å². The summed E-state index contributed by atoms with van der Waals surface area (Å²) in [4.78, 5) is 0. The van der Waals surface area contributed by atoms with Gasteiger partial charge in [-0.1, -0.05) is 54.6 Å². The van der Waals surface area contributed by atoms with Crippen molar-refractivity contribution in [1.82, 2.24) is 5.32 Å². The topological polar surface area (TPSA) is 12.0 Å². The molecule has 0 amide bonds. The molecule has 1 atom stereocenters. The van der Waals surface area contributed by atoms with Crippen LogP contribution in [0.3, 0.4) is 0 Å². The minimum atomic E-state index is 0.708. The molecular formula is C18H21N. The Kier molecular flexibility index (Phi) is 3.95. The van der Waals surface area contributed by atoms with Gasteiger partial charge in [0.15, 0.2) is 0 Å². The maximum Gasteiger partial charge on any atom is 0.00201 e. The number of nitrogens with one attached hydrogen (secondary N) is 1. The first-order valence-electron chi connectivity index (χ1n) is 7.25. The van der Waals surface area contributed by atoms with E-state index in [0.717, 1.165) is 13.0 Å². The Labute approximate surface area is 115 Å². The molecule has 3 rings (SSSR count). The standard InChI is InChI=1S/C18H21N/c1-2-5-15(6-3-1)13-16-8-10-17(11-9-16)18-7-4-12-19-14-18/h1-3,5-6,8-11,18-19H,4,7,12-14H2. The van der Waals surface area contributed by atoms with Gasteiger partial charge < -0.3 is 5.32 Å². The fourth-order valence-electron chi connectivity index (χ4n) is 2.88. The summed E-state index contributed by atoms with van der Waals surface area (Å²) in [6.45, 7) is 2.32. The summed E-state index contributed by atoms with van der Waals surface area (Å²) in [5.74, 6) is 0.708. The predicted molar refractivity (Wildman–Crippen MR) is 80.5 cm³/mol. The van der Waals surface area contributed by atoms with Gasteiger partial charge >= 0.3 is 0 Å². The number of rotatable bonds is 3. The molecule has 1 N–H and O–H groups in total. The molecule has 19 heavy (non-hydrogen) atoms. The van der Waals surface area contributed by atoms with E-state index in [0.29, 0.717) is 5.92 Å². The van der Waals surface area contributed by atoms with Gasteiger partial charge in [-0.15, -0.1) is 0 Å². The highest BCUT2D eigenvalue weighted by atomic mass is 14.9. The van der Waals surface area contributed by atoms with Crippen molar-refractivity contribution in [3.8, 4) is 0 Å². The van der Waals surface area contributed by atoms with E-state index in [1.807, 2.05) is 0 Å². The van der Waals surface area contributed by atoms with Crippen molar-refractivity contribution >= 4 is 0 Å². The summed E-state index contributed by atoms with van der Waals surface area (Å²) in [7, 11) is 0. The third-order valence-corrected chi connectivity index (χ3v) is 4.00. The maximum absolute atomic E-state index is 3.49. The van der Waals surface area contributed by atoms with Crippen LogP contribution in [0.15, 0.2) is 54.6 Å². The lowest BCUT2D eigenvalue weighted by molar-refractivity contribution is 0.461. The number of hydrogen-bond acceptors (Lipinski definition) is 1. The molecule has 1 nitrogen and oxygen atoms in total. The molecule has 2 aromatic rings. The zero-order chi connectivity index (χ0) is 12.9. The molecule has 2 aromatic carbocycles. The van der Waals surface area contributed by atoms with E-state index in [1.165, 1.54) is 36.1 Å². The van der Waals surface area contributed by atoms with Crippen LogP contribution in [0.25, 0.3) is 0 Å². The van der Waals surface area contributed by atoms with Crippen LogP contribution in [0.4, 0.5) is 0 Å². The molecule has 0 saturated carbocycles. The molecule has 1 aliphatic rings. The first-order chi connectivity index (χ1) is 9.42. The minimum absolute atomic E-state index is 0.708. The highest BCUT2D eigenvalue weighted by Crippen LogP contribution is 2.23. The van der Waals surface area contributed by atoms with E-state index in [9.17, 15) is 0 Å². The second-order valence-corrected chi connectivity index (χ2v) is 5.45. The van der Waals surface area contributed by atoms with Gasteiger partial charge in [-0.05, 0) is 48.4 Å². The Morgan fingerprint density at radius 2 is 1.63 bits per heavy atom. The van der Waals surface area contributed by atoms with Gasteiger partial charge in [-0.3, -0.25) is 0 Å². The lowest BCUT2D eigenvalue weighted by atomic mass is 9.90. The van der Waals surface area contributed by atoms with Crippen molar-refractivity contribution in [2.24, 2.45) is 0 Å². The van der Waals surface area contributed by atoms with Crippen molar-refractivity contribution in [2.75, 3.05) is 13.1 Å². The molecule has 0 aliphatic carbocycles. The van der Waals surface area contributed by atoms with Gasteiger partial charge in [0, 0.05) is 6.54 Å². The van der Waals surface area contributed by atoms with E-state index >= 15 is 0 Å². The zero-order valence-corrected chi connectivity index (χ0v) is 11.3. The van der Waals surface area contributed by atoms with Crippen LogP contribution >= 0.6 is 0 Å². The van der Waals surface area contributed by atoms with Crippen LogP contribution in [0.1, 0.15) is 35.4 Å². The summed E-state index contributed by atoms with van der Waals surface area (Å²) in [5.41, 5.74) is 4.28. The molecule has 1 heteroatoms. The normalized spacial score (nSPS) is 19.3. The molecule has 0 aromatic heterocycles. The molecular weight excluding hydrogens is 230 g/mol. The van der Waals surface area contributed by atoms with Crippen molar-refractivity contribution in [3.63, 3.8) is 0 Å². The van der Waals surface area contributed by atoms with Crippen LogP contribution < -0.4 is 5.32 Å². The van der Waals surface area contributed by atoms with E-state index in [1.54, 1.807) is 0 Å². The van der Waals surface area contributed by atoms with Crippen LogP contribution in [0, 0.1) is 0 Å². The molecule has 0 bridgehead atoms. The van der Waals surface area contributed by atoms with Crippen molar-refractivity contribution in [2.45, 2.75) is 25.2 Å². The lowest BCUT2D eigenvalue weighted by Gasteiger charge is -2.23. The smallest absolute Gasteiger partial charge is 0.00201 e. The Morgan fingerprint density at radius 1 is 0.895 bits per heavy atom. The molecule has 1 saturated heterocycles. The molecule has 1 unspecified atom stereocenters. The first-order valence-corrected chi connectivity index (χ1v) is 7.25. The van der Waals surface area contributed by atoms with Crippen molar-refractivity contribution in [3.05, 3.63) is 71.3 Å². The first kappa shape index (κ1) is 12.4. The van der Waals surface area contributed by atoms with Crippen molar-refractivity contribution < 1.29 is 0 Å². The Bertz CT molecular complexity index is 495. The van der Waals surface area contributed by atoms with Gasteiger partial charge in [-0.25, -0.2) is 0 Å². The van der Waals surface area contributed by atoms with Gasteiger partial charge in [0.1, 0.15) is 0 Å². The van der Waals surface area contributed by atoms with E-state index in [4.69, 9.17) is 0 Å². The number of hydrogen-bond donors (Lipinski definition) is 1. The SMILES string of the molecule is c1ccc(Cc2ccc(C3CCCNC3)cc2)cc1. The average Bonchev–Trinajstić information content (AvgIpc) is 2.50. The largest absolute Gasteiger partial charge is 0.316 e. The second-order valence-electron chi connectivity index (χ2n) is 5.45. The Balaban J connectivity index is 1.68. The molecule has 1 heterocycles. The summed E-state index contributed by atoms with van der Waals surface area (Å²) in [5, 5.41) is 3.49. The molecule has 1 aliphatic heterocycles. The van der Waals surface area contributed by atoms with Gasteiger partial charge in [0.25, 0.3) is 0 Å². The van der Waals surface area contributed by atoms with Crippen LogP contribution in [-0.2, 0) is 6.42 Å². The number of piperidine rings is 1. The van der Waals surface area contributed by atoms with E-state index < -0.39 is 0 Å². The molecule has 1 fully saturated rings. The molecule has 0 radical (unpaired) electrons. The third-order valence-electron chi connectivity index (χ3n) is 4.00. The van der Waals surface area contributed by atoms with Crippen LogP contribution in [0.2, 0.25) is 0 Å². The summed E-state index contributed by atoms with van der Waals surface area (Å²) >= 11 is 0. The number of benzene rings is 2. The highest BCUT2D eigenvalue weighted by Gasteiger charge is 2.14. The Hall–Kier alpha value is -1.60. The van der Waals surface area contributed by atoms with E-state index in [2.05, 4.69) is 59.9 Å². The quantitative estimate of drug-likeness (QED) is 0.876. The molecule has 98 valence electrons. The van der Waals surface area contributed by atoms with Gasteiger partial charge in [0.2, 0.25) is 0 Å². The average molecular weight is 251 g/mol. The summed E-state index contributed by atoms with van der Waals surface area (Å²) in [6, 6.07) is 19.9. The predicted octanol–water partition coefficient (Wildman–Crippen LogP) is 3.74. The minimum Gasteiger partial charge on any atom is -0.316 e. The fourth-order valence-corrected chi connectivity index (χ4v) is 2.88. The highest BCUT2D eigenvalue weighted by molar-refractivity contribution is 5.30. The van der Waals surface area contributed by atoms with Crippen molar-refractivity contribution in [1.29, 1.82) is 0 Å². The van der Waals surface area contributed by atoms with Gasteiger partial charge in [-0.2, -0.15) is 0 Å². The fraction of sp³-hybridized carbons (Fsp3) is 0.333. The van der Waals surface area contributed by atoms with E-state index in [-0.39, 0.29) is 0 Å². The Morgan fingerprint density at radius 3 is 2.32 bits per heavy atom. The van der Waals surface area contributed by atoms with Gasteiger partial charge in [0.05, 0.1) is 0 Å². The third kappa shape index (κ3) is 3.24. The monoisotopic (exact) mass is 251 g/mol.